The van der Waals surface area contributed by atoms with Gasteiger partial charge in [0.2, 0.25) is 0 Å². The molecular formula is C12H14FN5OS. The van der Waals surface area contributed by atoms with Crippen LogP contribution in [0.2, 0.25) is 0 Å². The second-order valence-corrected chi connectivity index (χ2v) is 5.20. The number of nitrogens with zero attached hydrogens (tertiary/aromatic N) is 2. The van der Waals surface area contributed by atoms with Crippen LogP contribution in [0.3, 0.4) is 0 Å². The second kappa shape index (κ2) is 5.93. The molecule has 0 bridgehead atoms. The summed E-state index contributed by atoms with van der Waals surface area (Å²) in [5.74, 6) is 3.56. The Morgan fingerprint density at radius 3 is 2.90 bits per heavy atom. The van der Waals surface area contributed by atoms with Gasteiger partial charge in [-0.3, -0.25) is 10.1 Å². The molecular weight excluding hydrogens is 281 g/mol. The van der Waals surface area contributed by atoms with Gasteiger partial charge in [0.1, 0.15) is 0 Å². The molecule has 2 aromatic heterocycles. The van der Waals surface area contributed by atoms with E-state index < -0.39 is 11.7 Å². The number of thiazole rings is 1. The number of nitrogens with two attached hydrogens (primary N) is 1. The lowest BCUT2D eigenvalue weighted by molar-refractivity contribution is 0.102. The van der Waals surface area contributed by atoms with Crippen molar-refractivity contribution in [2.45, 2.75) is 20.3 Å². The van der Waals surface area contributed by atoms with Gasteiger partial charge in [-0.2, -0.15) is 0 Å². The predicted octanol–water partition coefficient (Wildman–Crippen LogP) is 2.09. The minimum absolute atomic E-state index is 0.140. The molecule has 2 rings (SSSR count). The molecule has 20 heavy (non-hydrogen) atoms. The van der Waals surface area contributed by atoms with Crippen molar-refractivity contribution >= 4 is 28.2 Å². The SMILES string of the molecule is CCc1nc(NC(=O)c2ccnc(NN)c2F)sc1C. The first kappa shape index (κ1) is 14.4. The van der Waals surface area contributed by atoms with E-state index in [1.807, 2.05) is 13.8 Å². The van der Waals surface area contributed by atoms with E-state index in [0.29, 0.717) is 5.13 Å². The van der Waals surface area contributed by atoms with E-state index in [-0.39, 0.29) is 11.4 Å². The number of carbonyl (C=O) groups is 1. The van der Waals surface area contributed by atoms with Crippen LogP contribution in [-0.4, -0.2) is 15.9 Å². The van der Waals surface area contributed by atoms with Crippen molar-refractivity contribution in [3.8, 4) is 0 Å². The molecule has 8 heteroatoms. The van der Waals surface area contributed by atoms with Crippen molar-refractivity contribution in [2.24, 2.45) is 5.84 Å². The Morgan fingerprint density at radius 1 is 1.55 bits per heavy atom. The van der Waals surface area contributed by atoms with Crippen LogP contribution >= 0.6 is 11.3 Å². The van der Waals surface area contributed by atoms with Crippen molar-refractivity contribution in [1.29, 1.82) is 0 Å². The zero-order valence-electron chi connectivity index (χ0n) is 11.0. The molecule has 0 fully saturated rings. The van der Waals surface area contributed by atoms with Crippen LogP contribution in [-0.2, 0) is 6.42 Å². The summed E-state index contributed by atoms with van der Waals surface area (Å²) in [7, 11) is 0. The number of halogens is 1. The largest absolute Gasteiger partial charge is 0.306 e. The number of rotatable bonds is 4. The Bertz CT molecular complexity index is 643. The third-order valence-electron chi connectivity index (χ3n) is 2.72. The first-order chi connectivity index (χ1) is 9.56. The van der Waals surface area contributed by atoms with E-state index in [1.54, 1.807) is 0 Å². The van der Waals surface area contributed by atoms with Crippen LogP contribution in [0.1, 0.15) is 27.9 Å². The highest BCUT2D eigenvalue weighted by Crippen LogP contribution is 2.23. The molecule has 0 aliphatic carbocycles. The van der Waals surface area contributed by atoms with Crippen LogP contribution in [0.25, 0.3) is 0 Å². The second-order valence-electron chi connectivity index (χ2n) is 4.00. The van der Waals surface area contributed by atoms with Crippen LogP contribution in [0.4, 0.5) is 15.3 Å². The molecule has 2 heterocycles. The molecule has 0 aliphatic heterocycles. The fourth-order valence-electron chi connectivity index (χ4n) is 1.69. The topological polar surface area (TPSA) is 92.9 Å². The van der Waals surface area contributed by atoms with Crippen molar-refractivity contribution in [3.63, 3.8) is 0 Å². The molecule has 0 spiro atoms. The van der Waals surface area contributed by atoms with Gasteiger partial charge in [0.05, 0.1) is 11.3 Å². The molecule has 0 radical (unpaired) electrons. The third kappa shape index (κ3) is 2.75. The monoisotopic (exact) mass is 295 g/mol. The maximum atomic E-state index is 13.9. The lowest BCUT2D eigenvalue weighted by Gasteiger charge is -2.06. The number of nitrogen functional groups attached to an aromatic ring is 1. The zero-order valence-corrected chi connectivity index (χ0v) is 11.8. The van der Waals surface area contributed by atoms with Crippen LogP contribution in [0, 0.1) is 12.7 Å². The summed E-state index contributed by atoms with van der Waals surface area (Å²) in [5.41, 5.74) is 2.88. The smallest absolute Gasteiger partial charge is 0.260 e. The molecule has 106 valence electrons. The lowest BCUT2D eigenvalue weighted by Crippen LogP contribution is -2.17. The summed E-state index contributed by atoms with van der Waals surface area (Å²) in [6.07, 6.45) is 2.08. The highest BCUT2D eigenvalue weighted by atomic mass is 32.1. The fourth-order valence-corrected chi connectivity index (χ4v) is 2.59. The molecule has 1 amide bonds. The summed E-state index contributed by atoms with van der Waals surface area (Å²) < 4.78 is 13.9. The molecule has 0 unspecified atom stereocenters. The molecule has 2 aromatic rings. The Morgan fingerprint density at radius 2 is 2.30 bits per heavy atom. The lowest BCUT2D eigenvalue weighted by atomic mass is 10.2. The Balaban J connectivity index is 2.23. The maximum Gasteiger partial charge on any atom is 0.260 e. The van der Waals surface area contributed by atoms with Gasteiger partial charge in [-0.15, -0.1) is 11.3 Å². The number of aromatic nitrogens is 2. The number of aryl methyl sites for hydroxylation is 2. The average Bonchev–Trinajstić information content (AvgIpc) is 2.78. The molecule has 0 saturated carbocycles. The van der Waals surface area contributed by atoms with E-state index in [2.05, 4.69) is 20.7 Å². The maximum absolute atomic E-state index is 13.9. The average molecular weight is 295 g/mol. The van der Waals surface area contributed by atoms with Crippen molar-refractivity contribution in [2.75, 3.05) is 10.7 Å². The van der Waals surface area contributed by atoms with Gasteiger partial charge in [-0.1, -0.05) is 6.92 Å². The first-order valence-electron chi connectivity index (χ1n) is 5.95. The predicted molar refractivity (Wildman–Crippen MR) is 76.2 cm³/mol. The van der Waals surface area contributed by atoms with E-state index in [4.69, 9.17) is 5.84 Å². The number of amides is 1. The molecule has 0 saturated heterocycles. The first-order valence-corrected chi connectivity index (χ1v) is 6.77. The summed E-state index contributed by atoms with van der Waals surface area (Å²) >= 11 is 1.36. The fraction of sp³-hybridized carbons (Fsp3) is 0.250. The van der Waals surface area contributed by atoms with Crippen molar-refractivity contribution in [1.82, 2.24) is 9.97 Å². The van der Waals surface area contributed by atoms with Gasteiger partial charge in [0, 0.05) is 11.1 Å². The van der Waals surface area contributed by atoms with Crippen LogP contribution < -0.4 is 16.6 Å². The number of hydrogen-bond donors (Lipinski definition) is 3. The molecule has 6 nitrogen and oxygen atoms in total. The summed E-state index contributed by atoms with van der Waals surface area (Å²) in [6.45, 7) is 3.91. The molecule has 0 atom stereocenters. The molecule has 0 aliphatic rings. The van der Waals surface area contributed by atoms with Gasteiger partial charge < -0.3 is 5.43 Å². The number of anilines is 2. The quantitative estimate of drug-likeness (QED) is 0.593. The van der Waals surface area contributed by atoms with Gasteiger partial charge in [-0.05, 0) is 19.4 Å². The summed E-state index contributed by atoms with van der Waals surface area (Å²) in [4.78, 5) is 21.0. The zero-order chi connectivity index (χ0) is 14.7. The number of hydrazine groups is 1. The normalized spacial score (nSPS) is 10.4. The van der Waals surface area contributed by atoms with E-state index in [9.17, 15) is 9.18 Å². The minimum Gasteiger partial charge on any atom is -0.306 e. The van der Waals surface area contributed by atoms with Crippen LogP contribution in [0.5, 0.6) is 0 Å². The van der Waals surface area contributed by atoms with E-state index in [1.165, 1.54) is 23.6 Å². The Kier molecular flexibility index (Phi) is 4.26. The minimum atomic E-state index is -0.795. The van der Waals surface area contributed by atoms with Gasteiger partial charge in [-0.25, -0.2) is 20.2 Å². The van der Waals surface area contributed by atoms with Crippen molar-refractivity contribution < 1.29 is 9.18 Å². The number of carbonyl (C=O) groups excluding carboxylic acids is 1. The third-order valence-corrected chi connectivity index (χ3v) is 3.65. The van der Waals surface area contributed by atoms with Crippen molar-refractivity contribution in [3.05, 3.63) is 34.2 Å². The highest BCUT2D eigenvalue weighted by Gasteiger charge is 2.17. The highest BCUT2D eigenvalue weighted by molar-refractivity contribution is 7.15. The summed E-state index contributed by atoms with van der Waals surface area (Å²) in [5, 5.41) is 3.03. The summed E-state index contributed by atoms with van der Waals surface area (Å²) in [6, 6.07) is 1.28. The van der Waals surface area contributed by atoms with E-state index >= 15 is 0 Å². The standard InChI is InChI=1S/C12H14FN5OS/c1-3-8-6(2)20-12(16-8)17-11(19)7-4-5-15-10(18-14)9(7)13/h4-5H,3,14H2,1-2H3,(H,15,18)(H,16,17,19). The Labute approximate surface area is 119 Å². The molecule has 4 N–H and O–H groups in total. The van der Waals surface area contributed by atoms with E-state index in [0.717, 1.165) is 17.0 Å². The van der Waals surface area contributed by atoms with Gasteiger partial charge in [0.15, 0.2) is 16.8 Å². The number of hydrogen-bond acceptors (Lipinski definition) is 6. The Hall–Kier alpha value is -2.06. The van der Waals surface area contributed by atoms with Crippen LogP contribution in [0.15, 0.2) is 12.3 Å². The molecule has 0 aromatic carbocycles. The number of pyridine rings is 1. The number of nitrogens with one attached hydrogen (secondary N) is 2. The van der Waals surface area contributed by atoms with Gasteiger partial charge in [0.25, 0.3) is 5.91 Å². The van der Waals surface area contributed by atoms with Gasteiger partial charge >= 0.3 is 0 Å².